The lowest BCUT2D eigenvalue weighted by Crippen LogP contribution is -2.56. The van der Waals surface area contributed by atoms with Gasteiger partial charge in [-0.25, -0.2) is 0 Å². The minimum absolute atomic E-state index is 0.00237. The molecular weight excluding hydrogens is 391 g/mol. The minimum Gasteiger partial charge on any atom is -0.379 e. The summed E-state index contributed by atoms with van der Waals surface area (Å²) in [6.45, 7) is 6.88. The summed E-state index contributed by atoms with van der Waals surface area (Å²) in [6, 6.07) is -0.00237. The van der Waals surface area contributed by atoms with E-state index in [9.17, 15) is 13.2 Å². The van der Waals surface area contributed by atoms with Crippen molar-refractivity contribution in [1.82, 2.24) is 20.4 Å². The number of morpholine rings is 1. The molecule has 3 heterocycles. The maximum Gasteiger partial charge on any atom is 0.401 e. The van der Waals surface area contributed by atoms with Crippen LogP contribution in [0, 0.1) is 0 Å². The summed E-state index contributed by atoms with van der Waals surface area (Å²) < 4.78 is 43.4. The number of likely N-dealkylation sites (tertiary alicyclic amines) is 1. The molecule has 2 atom stereocenters. The lowest BCUT2D eigenvalue weighted by atomic mass is 9.96. The highest BCUT2D eigenvalue weighted by Gasteiger charge is 2.41. The molecule has 0 bridgehead atoms. The van der Waals surface area contributed by atoms with Gasteiger partial charge in [0.05, 0.1) is 31.8 Å². The quantitative estimate of drug-likeness (QED) is 0.498. The SMILES string of the molecule is CCNC(=NCC1(N2CCOCC2)CCSC1)NC1CCN(CC(F)(F)F)C1. The number of ether oxygens (including phenoxy) is 1. The smallest absolute Gasteiger partial charge is 0.379 e. The summed E-state index contributed by atoms with van der Waals surface area (Å²) in [4.78, 5) is 8.84. The number of hydrogen-bond donors (Lipinski definition) is 2. The largest absolute Gasteiger partial charge is 0.401 e. The molecule has 0 saturated carbocycles. The average molecular weight is 424 g/mol. The molecule has 6 nitrogen and oxygen atoms in total. The Labute approximate surface area is 169 Å². The van der Waals surface area contributed by atoms with E-state index in [1.165, 1.54) is 4.90 Å². The highest BCUT2D eigenvalue weighted by molar-refractivity contribution is 7.99. The Kier molecular flexibility index (Phi) is 7.74. The van der Waals surface area contributed by atoms with Crippen LogP contribution in [0.4, 0.5) is 13.2 Å². The summed E-state index contributed by atoms with van der Waals surface area (Å²) in [5, 5.41) is 6.62. The van der Waals surface area contributed by atoms with Crippen molar-refractivity contribution in [2.45, 2.75) is 37.5 Å². The lowest BCUT2D eigenvalue weighted by Gasteiger charge is -2.42. The second-order valence-electron chi connectivity index (χ2n) is 7.80. The average Bonchev–Trinajstić information content (AvgIpc) is 3.30. The van der Waals surface area contributed by atoms with Crippen LogP contribution in [0.5, 0.6) is 0 Å². The number of alkyl halides is 3. The van der Waals surface area contributed by atoms with Crippen molar-refractivity contribution >= 4 is 17.7 Å². The van der Waals surface area contributed by atoms with Crippen molar-refractivity contribution in [3.05, 3.63) is 0 Å². The van der Waals surface area contributed by atoms with Crippen LogP contribution in [-0.4, -0.2) is 104 Å². The van der Waals surface area contributed by atoms with Gasteiger partial charge in [-0.3, -0.25) is 14.8 Å². The Morgan fingerprint density at radius 2 is 2.07 bits per heavy atom. The van der Waals surface area contributed by atoms with Gasteiger partial charge in [0.2, 0.25) is 0 Å². The number of nitrogens with one attached hydrogen (secondary N) is 2. The molecule has 0 amide bonds. The summed E-state index contributed by atoms with van der Waals surface area (Å²) in [5.74, 6) is 2.93. The number of halogens is 3. The number of hydrogen-bond acceptors (Lipinski definition) is 5. The third-order valence-electron chi connectivity index (χ3n) is 5.66. The molecule has 3 aliphatic heterocycles. The van der Waals surface area contributed by atoms with Crippen LogP contribution in [-0.2, 0) is 4.74 Å². The summed E-state index contributed by atoms with van der Waals surface area (Å²) in [7, 11) is 0. The molecule has 162 valence electrons. The van der Waals surface area contributed by atoms with Gasteiger partial charge in [0.1, 0.15) is 0 Å². The van der Waals surface area contributed by atoms with E-state index >= 15 is 0 Å². The van der Waals surface area contributed by atoms with E-state index in [2.05, 4.69) is 15.5 Å². The van der Waals surface area contributed by atoms with Gasteiger partial charge in [-0.1, -0.05) is 0 Å². The Balaban J connectivity index is 1.59. The van der Waals surface area contributed by atoms with Crippen molar-refractivity contribution in [3.8, 4) is 0 Å². The van der Waals surface area contributed by atoms with Crippen LogP contribution in [0.3, 0.4) is 0 Å². The molecule has 0 aromatic carbocycles. The number of thioether (sulfide) groups is 1. The van der Waals surface area contributed by atoms with Crippen LogP contribution in [0.1, 0.15) is 19.8 Å². The molecule has 0 radical (unpaired) electrons. The fraction of sp³-hybridized carbons (Fsp3) is 0.944. The molecule has 0 aromatic heterocycles. The minimum atomic E-state index is -4.14. The molecule has 3 rings (SSSR count). The standard InChI is InChI=1S/C18H32F3N5OS/c1-2-22-16(24-15-3-5-25(11-15)13-18(19,20)21)23-12-17(4-10-28-14-17)26-6-8-27-9-7-26/h15H,2-14H2,1H3,(H2,22,23,24). The van der Waals surface area contributed by atoms with Crippen molar-refractivity contribution in [1.29, 1.82) is 0 Å². The first kappa shape index (κ1) is 22.0. The van der Waals surface area contributed by atoms with Gasteiger partial charge >= 0.3 is 6.18 Å². The van der Waals surface area contributed by atoms with Gasteiger partial charge in [0, 0.05) is 44.5 Å². The number of guanidine groups is 1. The molecular formula is C18H32F3N5OS. The topological polar surface area (TPSA) is 52.1 Å². The molecule has 2 N–H and O–H groups in total. The zero-order valence-electron chi connectivity index (χ0n) is 16.6. The van der Waals surface area contributed by atoms with Crippen LogP contribution < -0.4 is 10.6 Å². The number of rotatable bonds is 6. The maximum atomic E-state index is 12.6. The van der Waals surface area contributed by atoms with Crippen molar-refractivity contribution in [3.63, 3.8) is 0 Å². The molecule has 0 aromatic rings. The monoisotopic (exact) mass is 423 g/mol. The normalized spacial score (nSPS) is 30.7. The van der Waals surface area contributed by atoms with E-state index in [1.807, 2.05) is 18.7 Å². The first-order valence-corrected chi connectivity index (χ1v) is 11.3. The highest BCUT2D eigenvalue weighted by Crippen LogP contribution is 2.34. The molecule has 3 saturated heterocycles. The van der Waals surface area contributed by atoms with E-state index in [1.54, 1.807) is 0 Å². The zero-order chi connectivity index (χ0) is 20.0. The molecule has 28 heavy (non-hydrogen) atoms. The van der Waals surface area contributed by atoms with Gasteiger partial charge in [-0.2, -0.15) is 24.9 Å². The van der Waals surface area contributed by atoms with Crippen LogP contribution >= 0.6 is 11.8 Å². The predicted octanol–water partition coefficient (Wildman–Crippen LogP) is 1.39. The van der Waals surface area contributed by atoms with E-state index in [4.69, 9.17) is 9.73 Å². The van der Waals surface area contributed by atoms with Gasteiger partial charge in [-0.15, -0.1) is 0 Å². The molecule has 2 unspecified atom stereocenters. The second kappa shape index (κ2) is 9.86. The van der Waals surface area contributed by atoms with Crippen LogP contribution in [0.15, 0.2) is 4.99 Å². The number of aliphatic imine (C=N–C) groups is 1. The van der Waals surface area contributed by atoms with Gasteiger partial charge in [0.25, 0.3) is 0 Å². The van der Waals surface area contributed by atoms with E-state index < -0.39 is 12.7 Å². The van der Waals surface area contributed by atoms with Crippen molar-refractivity contribution < 1.29 is 17.9 Å². The Bertz CT molecular complexity index is 522. The summed E-state index contributed by atoms with van der Waals surface area (Å²) in [6.07, 6.45) is -2.33. The molecule has 3 fully saturated rings. The summed E-state index contributed by atoms with van der Waals surface area (Å²) >= 11 is 1.97. The number of nitrogens with zero attached hydrogens (tertiary/aromatic N) is 3. The van der Waals surface area contributed by atoms with Gasteiger partial charge in [0.15, 0.2) is 5.96 Å². The third kappa shape index (κ3) is 6.14. The lowest BCUT2D eigenvalue weighted by molar-refractivity contribution is -0.143. The van der Waals surface area contributed by atoms with Gasteiger partial charge in [-0.05, 0) is 25.5 Å². The van der Waals surface area contributed by atoms with Crippen molar-refractivity contribution in [2.75, 3.05) is 70.5 Å². The predicted molar refractivity (Wildman–Crippen MR) is 107 cm³/mol. The first-order chi connectivity index (χ1) is 13.4. The third-order valence-corrected chi connectivity index (χ3v) is 6.89. The Hall–Kier alpha value is -0.710. The van der Waals surface area contributed by atoms with E-state index in [0.29, 0.717) is 32.0 Å². The van der Waals surface area contributed by atoms with Crippen LogP contribution in [0.2, 0.25) is 0 Å². The highest BCUT2D eigenvalue weighted by atomic mass is 32.2. The Morgan fingerprint density at radius 3 is 2.71 bits per heavy atom. The van der Waals surface area contributed by atoms with Crippen LogP contribution in [0.25, 0.3) is 0 Å². The van der Waals surface area contributed by atoms with E-state index in [0.717, 1.165) is 50.8 Å². The summed E-state index contributed by atoms with van der Waals surface area (Å²) in [5.41, 5.74) is 0.0643. The molecule has 10 heteroatoms. The molecule has 0 spiro atoms. The van der Waals surface area contributed by atoms with Gasteiger partial charge < -0.3 is 15.4 Å². The first-order valence-electron chi connectivity index (χ1n) is 10.1. The molecule has 0 aliphatic carbocycles. The van der Waals surface area contributed by atoms with E-state index in [-0.39, 0.29) is 11.6 Å². The fourth-order valence-electron chi connectivity index (χ4n) is 4.20. The second-order valence-corrected chi connectivity index (χ2v) is 8.91. The molecule has 3 aliphatic rings. The fourth-order valence-corrected chi connectivity index (χ4v) is 5.66. The maximum absolute atomic E-state index is 12.6. The van der Waals surface area contributed by atoms with Crippen molar-refractivity contribution in [2.24, 2.45) is 4.99 Å². The zero-order valence-corrected chi connectivity index (χ0v) is 17.4. The Morgan fingerprint density at radius 1 is 1.29 bits per heavy atom.